The predicted octanol–water partition coefficient (Wildman–Crippen LogP) is 1.90. The molecule has 0 radical (unpaired) electrons. The Morgan fingerprint density at radius 1 is 1.32 bits per heavy atom. The molecule has 0 unspecified atom stereocenters. The van der Waals surface area contributed by atoms with Crippen LogP contribution in [0.1, 0.15) is 18.2 Å². The van der Waals surface area contributed by atoms with Crippen molar-refractivity contribution in [2.24, 2.45) is 5.14 Å². The molecule has 1 aromatic heterocycles. The molecule has 0 aliphatic carbocycles. The van der Waals surface area contributed by atoms with Crippen molar-refractivity contribution in [2.75, 3.05) is 0 Å². The smallest absolute Gasteiger partial charge is 0.248 e. The summed E-state index contributed by atoms with van der Waals surface area (Å²) in [6, 6.07) is 9.13. The fraction of sp³-hybridized carbons (Fsp3) is 0.250. The first-order valence-electron chi connectivity index (χ1n) is 5.74. The zero-order chi connectivity index (χ0) is 14.0. The summed E-state index contributed by atoms with van der Waals surface area (Å²) >= 11 is 3.35. The Morgan fingerprint density at radius 3 is 2.47 bits per heavy atom. The maximum Gasteiger partial charge on any atom is 0.255 e. The van der Waals surface area contributed by atoms with Gasteiger partial charge >= 0.3 is 0 Å². The number of sulfonamides is 1. The van der Waals surface area contributed by atoms with Gasteiger partial charge in [0, 0.05) is 4.47 Å². The Labute approximate surface area is 120 Å². The highest BCUT2D eigenvalue weighted by molar-refractivity contribution is 9.10. The molecule has 0 aliphatic rings. The van der Waals surface area contributed by atoms with Gasteiger partial charge in [0.05, 0.1) is 12.2 Å². The third-order valence-electron chi connectivity index (χ3n) is 2.69. The summed E-state index contributed by atoms with van der Waals surface area (Å²) in [5.74, 6) is 0. The van der Waals surface area contributed by atoms with E-state index in [4.69, 9.17) is 5.14 Å². The minimum absolute atomic E-state index is 0.0484. The van der Waals surface area contributed by atoms with Crippen molar-refractivity contribution in [2.45, 2.75) is 24.9 Å². The van der Waals surface area contributed by atoms with Crippen molar-refractivity contribution in [3.05, 3.63) is 46.1 Å². The Kier molecular flexibility index (Phi) is 4.07. The molecule has 19 heavy (non-hydrogen) atoms. The summed E-state index contributed by atoms with van der Waals surface area (Å²) in [6.07, 6.45) is 0.663. The second-order valence-electron chi connectivity index (χ2n) is 4.16. The summed E-state index contributed by atoms with van der Waals surface area (Å²) in [7, 11) is -3.76. The second-order valence-corrected chi connectivity index (χ2v) is 6.58. The van der Waals surface area contributed by atoms with Gasteiger partial charge in [-0.1, -0.05) is 35.0 Å². The molecule has 2 aromatic rings. The molecule has 0 amide bonds. The number of halogens is 1. The highest BCUT2D eigenvalue weighted by Crippen LogP contribution is 2.15. The second kappa shape index (κ2) is 5.44. The molecule has 0 atom stereocenters. The van der Waals surface area contributed by atoms with Gasteiger partial charge < -0.3 is 0 Å². The lowest BCUT2D eigenvalue weighted by Gasteiger charge is -2.06. The van der Waals surface area contributed by atoms with Crippen LogP contribution < -0.4 is 5.14 Å². The van der Waals surface area contributed by atoms with Gasteiger partial charge in [-0.3, -0.25) is 0 Å². The van der Waals surface area contributed by atoms with Crippen molar-refractivity contribution in [1.29, 1.82) is 0 Å². The molecule has 0 saturated heterocycles. The quantitative estimate of drug-likeness (QED) is 0.920. The summed E-state index contributed by atoms with van der Waals surface area (Å²) in [5, 5.41) is 9.51. The lowest BCUT2D eigenvalue weighted by Crippen LogP contribution is -2.18. The topological polar surface area (TPSA) is 78.0 Å². The van der Waals surface area contributed by atoms with Crippen molar-refractivity contribution < 1.29 is 8.42 Å². The van der Waals surface area contributed by atoms with Crippen LogP contribution in [0.15, 0.2) is 39.8 Å². The number of hydrogen-bond donors (Lipinski definition) is 1. The number of primary sulfonamides is 1. The van der Waals surface area contributed by atoms with Gasteiger partial charge in [-0.05, 0) is 30.2 Å². The molecule has 7 heteroatoms. The number of aryl methyl sites for hydroxylation is 1. The van der Waals surface area contributed by atoms with Gasteiger partial charge in [0.15, 0.2) is 5.03 Å². The van der Waals surface area contributed by atoms with Crippen LogP contribution in [-0.2, 0) is 23.0 Å². The first kappa shape index (κ1) is 14.2. The normalized spacial score (nSPS) is 11.7. The fourth-order valence-electron chi connectivity index (χ4n) is 1.73. The number of aromatic nitrogens is 2. The maximum absolute atomic E-state index is 11.5. The minimum Gasteiger partial charge on any atom is -0.248 e. The Bertz CT molecular complexity index is 678. The van der Waals surface area contributed by atoms with Crippen LogP contribution in [0, 0.1) is 0 Å². The third-order valence-corrected chi connectivity index (χ3v) is 4.13. The molecular weight excluding hydrogens is 330 g/mol. The first-order valence-corrected chi connectivity index (χ1v) is 8.08. The highest BCUT2D eigenvalue weighted by atomic mass is 79.9. The zero-order valence-corrected chi connectivity index (χ0v) is 12.8. The number of nitrogens with zero attached hydrogens (tertiary/aromatic N) is 2. The minimum atomic E-state index is -3.76. The van der Waals surface area contributed by atoms with Crippen LogP contribution in [0.3, 0.4) is 0 Å². The summed E-state index contributed by atoms with van der Waals surface area (Å²) in [5.41, 5.74) is 1.67. The molecule has 2 N–H and O–H groups in total. The van der Waals surface area contributed by atoms with Gasteiger partial charge in [-0.2, -0.15) is 5.10 Å². The Morgan fingerprint density at radius 2 is 1.95 bits per heavy atom. The SMILES string of the molecule is CCc1cc(S(N)(=O)=O)n(Cc2ccc(Br)cc2)n1. The average molecular weight is 344 g/mol. The zero-order valence-electron chi connectivity index (χ0n) is 10.4. The van der Waals surface area contributed by atoms with Crippen LogP contribution in [-0.4, -0.2) is 18.2 Å². The summed E-state index contributed by atoms with van der Waals surface area (Å²) < 4.78 is 25.5. The molecule has 2 rings (SSSR count). The van der Waals surface area contributed by atoms with Crippen molar-refractivity contribution >= 4 is 26.0 Å². The van der Waals surface area contributed by atoms with Gasteiger partial charge in [0.25, 0.3) is 10.0 Å². The van der Waals surface area contributed by atoms with E-state index in [-0.39, 0.29) is 5.03 Å². The fourth-order valence-corrected chi connectivity index (χ4v) is 2.69. The van der Waals surface area contributed by atoms with E-state index in [0.29, 0.717) is 18.7 Å². The molecule has 1 heterocycles. The predicted molar refractivity (Wildman–Crippen MR) is 76.2 cm³/mol. The molecule has 1 aromatic carbocycles. The van der Waals surface area contributed by atoms with Gasteiger partial charge in [0.2, 0.25) is 0 Å². The van der Waals surface area contributed by atoms with E-state index < -0.39 is 10.0 Å². The van der Waals surface area contributed by atoms with E-state index in [1.54, 1.807) is 0 Å². The molecule has 0 spiro atoms. The molecule has 0 bridgehead atoms. The summed E-state index contributed by atoms with van der Waals surface area (Å²) in [6.45, 7) is 2.29. The standard InChI is InChI=1S/C12H14BrN3O2S/c1-2-11-7-12(19(14,17)18)16(15-11)8-9-3-5-10(13)6-4-9/h3-7H,2,8H2,1H3,(H2,14,17,18). The number of hydrogen-bond acceptors (Lipinski definition) is 3. The van der Waals surface area contributed by atoms with Crippen molar-refractivity contribution in [3.63, 3.8) is 0 Å². The van der Waals surface area contributed by atoms with Gasteiger partial charge in [0.1, 0.15) is 0 Å². The van der Waals surface area contributed by atoms with Gasteiger partial charge in [-0.15, -0.1) is 0 Å². The van der Waals surface area contributed by atoms with E-state index in [1.165, 1.54) is 10.7 Å². The highest BCUT2D eigenvalue weighted by Gasteiger charge is 2.17. The molecule has 0 aliphatic heterocycles. The molecule has 5 nitrogen and oxygen atoms in total. The molecule has 0 fully saturated rings. The van der Waals surface area contributed by atoms with Crippen LogP contribution in [0.2, 0.25) is 0 Å². The number of benzene rings is 1. The number of nitrogens with two attached hydrogens (primary N) is 1. The van der Waals surface area contributed by atoms with E-state index >= 15 is 0 Å². The van der Waals surface area contributed by atoms with E-state index in [9.17, 15) is 8.42 Å². The molecular formula is C12H14BrN3O2S. The average Bonchev–Trinajstić information content (AvgIpc) is 2.75. The molecule has 0 saturated carbocycles. The monoisotopic (exact) mass is 343 g/mol. The van der Waals surface area contributed by atoms with Crippen LogP contribution >= 0.6 is 15.9 Å². The molecule has 102 valence electrons. The summed E-state index contributed by atoms with van der Waals surface area (Å²) in [4.78, 5) is 0. The Hall–Kier alpha value is -1.18. The first-order chi connectivity index (χ1) is 8.90. The lowest BCUT2D eigenvalue weighted by molar-refractivity contribution is 0.562. The van der Waals surface area contributed by atoms with E-state index in [0.717, 1.165) is 10.0 Å². The third kappa shape index (κ3) is 3.43. The largest absolute Gasteiger partial charge is 0.255 e. The maximum atomic E-state index is 11.5. The number of rotatable bonds is 4. The Balaban J connectivity index is 2.39. The van der Waals surface area contributed by atoms with Crippen LogP contribution in [0.4, 0.5) is 0 Å². The van der Waals surface area contributed by atoms with Crippen molar-refractivity contribution in [3.8, 4) is 0 Å². The van der Waals surface area contributed by atoms with Crippen molar-refractivity contribution in [1.82, 2.24) is 9.78 Å². The van der Waals surface area contributed by atoms with E-state index in [2.05, 4.69) is 21.0 Å². The van der Waals surface area contributed by atoms with E-state index in [1.807, 2.05) is 31.2 Å². The lowest BCUT2D eigenvalue weighted by atomic mass is 10.2. The van der Waals surface area contributed by atoms with Crippen LogP contribution in [0.5, 0.6) is 0 Å². The van der Waals surface area contributed by atoms with Gasteiger partial charge in [-0.25, -0.2) is 18.2 Å². The van der Waals surface area contributed by atoms with Crippen LogP contribution in [0.25, 0.3) is 0 Å².